The third-order valence-electron chi connectivity index (χ3n) is 4.93. The van der Waals surface area contributed by atoms with Crippen LogP contribution in [0, 0.1) is 0 Å². The largest absolute Gasteiger partial charge is 0.482 e. The van der Waals surface area contributed by atoms with E-state index < -0.39 is 0 Å². The second-order valence-corrected chi connectivity index (χ2v) is 8.00. The van der Waals surface area contributed by atoms with Gasteiger partial charge >= 0.3 is 5.97 Å². The molecule has 0 radical (unpaired) electrons. The highest BCUT2D eigenvalue weighted by Crippen LogP contribution is 2.15. The molecule has 0 N–H and O–H groups in total. The molecule has 0 saturated carbocycles. The molecule has 3 nitrogen and oxygen atoms in total. The summed E-state index contributed by atoms with van der Waals surface area (Å²) in [6.07, 6.45) is 18.5. The Morgan fingerprint density at radius 1 is 0.750 bits per heavy atom. The molecule has 0 spiro atoms. The van der Waals surface area contributed by atoms with Crippen LogP contribution in [0.4, 0.5) is 0 Å². The van der Waals surface area contributed by atoms with Crippen molar-refractivity contribution < 1.29 is 14.3 Å². The minimum absolute atomic E-state index is 0.0553. The van der Waals surface area contributed by atoms with Crippen molar-refractivity contribution >= 4 is 17.6 Å². The Balaban J connectivity index is 1.80. The maximum atomic E-state index is 11.6. The van der Waals surface area contributed by atoms with Crippen LogP contribution in [-0.2, 0) is 9.53 Å². The van der Waals surface area contributed by atoms with E-state index in [1.165, 1.54) is 77.0 Å². The van der Waals surface area contributed by atoms with Gasteiger partial charge in [0.25, 0.3) is 0 Å². The normalized spacial score (nSPS) is 10.8. The standard InChI is InChI=1S/C24H39ClO3/c1-2-3-4-5-6-7-8-9-10-11-12-13-14-15-20-27-24(26)21-28-23-18-16-22(25)17-19-23/h16-19H,2-15,20-21H2,1H3. The number of ether oxygens (including phenoxy) is 2. The summed E-state index contributed by atoms with van der Waals surface area (Å²) >= 11 is 5.80. The monoisotopic (exact) mass is 410 g/mol. The van der Waals surface area contributed by atoms with Crippen LogP contribution < -0.4 is 4.74 Å². The number of rotatable bonds is 18. The molecule has 160 valence electrons. The Hall–Kier alpha value is -1.22. The third kappa shape index (κ3) is 14.8. The van der Waals surface area contributed by atoms with E-state index in [-0.39, 0.29) is 12.6 Å². The average Bonchev–Trinajstić information content (AvgIpc) is 2.70. The van der Waals surface area contributed by atoms with Gasteiger partial charge in [-0.3, -0.25) is 0 Å². The van der Waals surface area contributed by atoms with Crippen molar-refractivity contribution in [3.8, 4) is 5.75 Å². The van der Waals surface area contributed by atoms with Crippen LogP contribution in [0.5, 0.6) is 5.75 Å². The molecular weight excluding hydrogens is 372 g/mol. The molecule has 0 aliphatic carbocycles. The number of benzene rings is 1. The van der Waals surface area contributed by atoms with E-state index >= 15 is 0 Å². The lowest BCUT2D eigenvalue weighted by Gasteiger charge is -2.07. The van der Waals surface area contributed by atoms with Crippen LogP contribution in [0.15, 0.2) is 24.3 Å². The summed E-state index contributed by atoms with van der Waals surface area (Å²) in [6, 6.07) is 6.94. The maximum Gasteiger partial charge on any atom is 0.344 e. The zero-order valence-electron chi connectivity index (χ0n) is 17.7. The highest BCUT2D eigenvalue weighted by atomic mass is 35.5. The van der Waals surface area contributed by atoms with Gasteiger partial charge in [-0.15, -0.1) is 0 Å². The summed E-state index contributed by atoms with van der Waals surface area (Å²) in [5.41, 5.74) is 0. The predicted molar refractivity (Wildman–Crippen MR) is 118 cm³/mol. The fourth-order valence-corrected chi connectivity index (χ4v) is 3.32. The number of carbonyl (C=O) groups is 1. The highest BCUT2D eigenvalue weighted by Gasteiger charge is 2.04. The smallest absolute Gasteiger partial charge is 0.344 e. The van der Waals surface area contributed by atoms with Crippen molar-refractivity contribution in [1.29, 1.82) is 0 Å². The molecule has 0 saturated heterocycles. The minimum Gasteiger partial charge on any atom is -0.482 e. The molecule has 0 bridgehead atoms. The first kappa shape index (κ1) is 24.8. The number of unbranched alkanes of at least 4 members (excludes halogenated alkanes) is 13. The quantitative estimate of drug-likeness (QED) is 0.183. The molecular formula is C24H39ClO3. The van der Waals surface area contributed by atoms with Gasteiger partial charge in [0.15, 0.2) is 6.61 Å². The first-order valence-electron chi connectivity index (χ1n) is 11.3. The number of halogens is 1. The number of hydrogen-bond acceptors (Lipinski definition) is 3. The van der Waals surface area contributed by atoms with Gasteiger partial charge in [-0.25, -0.2) is 4.79 Å². The summed E-state index contributed by atoms with van der Waals surface area (Å²) in [4.78, 5) is 11.6. The molecule has 0 unspecified atom stereocenters. The molecule has 0 heterocycles. The van der Waals surface area contributed by atoms with E-state index in [1.807, 2.05) is 0 Å². The van der Waals surface area contributed by atoms with Crippen molar-refractivity contribution in [2.75, 3.05) is 13.2 Å². The molecule has 0 aromatic heterocycles. The van der Waals surface area contributed by atoms with Crippen molar-refractivity contribution in [3.63, 3.8) is 0 Å². The van der Waals surface area contributed by atoms with E-state index in [2.05, 4.69) is 6.92 Å². The Labute approximate surface area is 177 Å². The molecule has 1 aromatic rings. The van der Waals surface area contributed by atoms with Gasteiger partial charge in [-0.1, -0.05) is 102 Å². The minimum atomic E-state index is -0.315. The van der Waals surface area contributed by atoms with E-state index in [9.17, 15) is 4.79 Å². The fourth-order valence-electron chi connectivity index (χ4n) is 3.20. The van der Waals surface area contributed by atoms with Crippen LogP contribution in [0.25, 0.3) is 0 Å². The molecule has 0 amide bonds. The van der Waals surface area contributed by atoms with Crippen molar-refractivity contribution in [3.05, 3.63) is 29.3 Å². The van der Waals surface area contributed by atoms with Gasteiger partial charge in [0, 0.05) is 5.02 Å². The summed E-state index contributed by atoms with van der Waals surface area (Å²) in [5.74, 6) is 0.308. The van der Waals surface area contributed by atoms with Gasteiger partial charge in [0.1, 0.15) is 5.75 Å². The summed E-state index contributed by atoms with van der Waals surface area (Å²) in [7, 11) is 0. The summed E-state index contributed by atoms with van der Waals surface area (Å²) in [6.45, 7) is 2.70. The average molecular weight is 411 g/mol. The molecule has 1 rings (SSSR count). The topological polar surface area (TPSA) is 35.5 Å². The molecule has 28 heavy (non-hydrogen) atoms. The van der Waals surface area contributed by atoms with Crippen LogP contribution in [0.1, 0.15) is 96.8 Å². The first-order chi connectivity index (χ1) is 13.7. The number of hydrogen-bond donors (Lipinski definition) is 0. The Bertz CT molecular complexity index is 487. The van der Waals surface area contributed by atoms with Gasteiger partial charge in [0.05, 0.1) is 6.61 Å². The zero-order valence-corrected chi connectivity index (χ0v) is 18.5. The molecule has 0 fully saturated rings. The molecule has 0 aliphatic rings. The van der Waals surface area contributed by atoms with Gasteiger partial charge in [-0.05, 0) is 30.7 Å². The van der Waals surface area contributed by atoms with Gasteiger partial charge < -0.3 is 9.47 Å². The van der Waals surface area contributed by atoms with Crippen LogP contribution in [0.2, 0.25) is 5.02 Å². The third-order valence-corrected chi connectivity index (χ3v) is 5.18. The van der Waals surface area contributed by atoms with Crippen molar-refractivity contribution in [2.24, 2.45) is 0 Å². The molecule has 1 aromatic carbocycles. The highest BCUT2D eigenvalue weighted by molar-refractivity contribution is 6.30. The number of esters is 1. The van der Waals surface area contributed by atoms with Crippen LogP contribution in [-0.4, -0.2) is 19.2 Å². The second kappa shape index (κ2) is 17.8. The lowest BCUT2D eigenvalue weighted by Crippen LogP contribution is -2.15. The first-order valence-corrected chi connectivity index (χ1v) is 11.6. The van der Waals surface area contributed by atoms with Crippen molar-refractivity contribution in [2.45, 2.75) is 96.8 Å². The van der Waals surface area contributed by atoms with Gasteiger partial charge in [-0.2, -0.15) is 0 Å². The van der Waals surface area contributed by atoms with E-state index in [1.54, 1.807) is 24.3 Å². The Morgan fingerprint density at radius 2 is 1.21 bits per heavy atom. The Kier molecular flexibility index (Phi) is 15.8. The molecule has 0 aliphatic heterocycles. The summed E-state index contributed by atoms with van der Waals surface area (Å²) < 4.78 is 10.6. The SMILES string of the molecule is CCCCCCCCCCCCCCCCOC(=O)COc1ccc(Cl)cc1. The predicted octanol–water partition coefficient (Wildman–Crippen LogP) is 7.74. The number of carbonyl (C=O) groups excluding carboxylic acids is 1. The van der Waals surface area contributed by atoms with E-state index in [0.717, 1.165) is 12.8 Å². The van der Waals surface area contributed by atoms with Crippen LogP contribution in [0.3, 0.4) is 0 Å². The Morgan fingerprint density at radius 3 is 1.71 bits per heavy atom. The zero-order chi connectivity index (χ0) is 20.3. The lowest BCUT2D eigenvalue weighted by molar-refractivity contribution is -0.146. The summed E-state index contributed by atoms with van der Waals surface area (Å²) in [5, 5.41) is 0.646. The second-order valence-electron chi connectivity index (χ2n) is 7.56. The van der Waals surface area contributed by atoms with E-state index in [0.29, 0.717) is 17.4 Å². The van der Waals surface area contributed by atoms with Gasteiger partial charge in [0.2, 0.25) is 0 Å². The van der Waals surface area contributed by atoms with E-state index in [4.69, 9.17) is 21.1 Å². The van der Waals surface area contributed by atoms with Crippen LogP contribution >= 0.6 is 11.6 Å². The lowest BCUT2D eigenvalue weighted by atomic mass is 10.0. The molecule has 4 heteroatoms. The maximum absolute atomic E-state index is 11.6. The fraction of sp³-hybridized carbons (Fsp3) is 0.708. The van der Waals surface area contributed by atoms with Crippen molar-refractivity contribution in [1.82, 2.24) is 0 Å². The molecule has 0 atom stereocenters.